The molecule has 0 aromatic heterocycles. The number of unbranched alkanes of at least 4 members (excludes halogenated alkanes) is 4. The van der Waals surface area contributed by atoms with Crippen molar-refractivity contribution in [1.82, 2.24) is 15.5 Å². The van der Waals surface area contributed by atoms with Crippen molar-refractivity contribution < 1.29 is 4.74 Å². The van der Waals surface area contributed by atoms with E-state index in [0.29, 0.717) is 5.92 Å². The highest BCUT2D eigenvalue weighted by molar-refractivity contribution is 5.79. The van der Waals surface area contributed by atoms with Crippen LogP contribution in [0.25, 0.3) is 0 Å². The van der Waals surface area contributed by atoms with Gasteiger partial charge < -0.3 is 20.3 Å². The summed E-state index contributed by atoms with van der Waals surface area (Å²) >= 11 is 0. The zero-order chi connectivity index (χ0) is 19.9. The lowest BCUT2D eigenvalue weighted by Gasteiger charge is -2.15. The first-order valence-corrected chi connectivity index (χ1v) is 10.3. The number of guanidine groups is 1. The molecule has 0 aliphatic carbocycles. The SMILES string of the molecule is CN=C(NCCCCCCCN(C)C)NCCC(C)c1ccc(OC)cc1. The molecular weight excluding hydrogens is 336 g/mol. The number of rotatable bonds is 13. The van der Waals surface area contributed by atoms with Crippen LogP contribution in [0.5, 0.6) is 5.75 Å². The van der Waals surface area contributed by atoms with Gasteiger partial charge >= 0.3 is 0 Å². The topological polar surface area (TPSA) is 48.9 Å². The van der Waals surface area contributed by atoms with Crippen molar-refractivity contribution in [3.8, 4) is 5.75 Å². The third kappa shape index (κ3) is 10.9. The van der Waals surface area contributed by atoms with Crippen molar-refractivity contribution in [2.24, 2.45) is 4.99 Å². The molecule has 1 aromatic rings. The first-order valence-electron chi connectivity index (χ1n) is 10.3. The number of hydrogen-bond acceptors (Lipinski definition) is 3. The van der Waals surface area contributed by atoms with Crippen LogP contribution in [0.15, 0.2) is 29.3 Å². The maximum Gasteiger partial charge on any atom is 0.190 e. The lowest BCUT2D eigenvalue weighted by molar-refractivity contribution is 0.389. The number of methoxy groups -OCH3 is 1. The Bertz CT molecular complexity index is 514. The maximum absolute atomic E-state index is 5.22. The highest BCUT2D eigenvalue weighted by atomic mass is 16.5. The van der Waals surface area contributed by atoms with Gasteiger partial charge in [0.25, 0.3) is 0 Å². The Morgan fingerprint density at radius 3 is 2.26 bits per heavy atom. The van der Waals surface area contributed by atoms with E-state index in [1.54, 1.807) is 7.11 Å². The van der Waals surface area contributed by atoms with Gasteiger partial charge in [0, 0.05) is 20.1 Å². The third-order valence-corrected chi connectivity index (χ3v) is 4.85. The molecule has 1 atom stereocenters. The first-order chi connectivity index (χ1) is 13.1. The Balaban J connectivity index is 2.11. The summed E-state index contributed by atoms with van der Waals surface area (Å²) in [4.78, 5) is 6.58. The minimum atomic E-state index is 0.503. The van der Waals surface area contributed by atoms with Crippen LogP contribution in [0.2, 0.25) is 0 Å². The first kappa shape index (κ1) is 23.3. The van der Waals surface area contributed by atoms with Crippen molar-refractivity contribution in [2.75, 3.05) is 47.9 Å². The van der Waals surface area contributed by atoms with E-state index in [9.17, 15) is 0 Å². The predicted octanol–water partition coefficient (Wildman–Crippen LogP) is 3.87. The van der Waals surface area contributed by atoms with E-state index < -0.39 is 0 Å². The van der Waals surface area contributed by atoms with E-state index in [1.807, 2.05) is 19.2 Å². The fraction of sp³-hybridized carbons (Fsp3) is 0.682. The fourth-order valence-corrected chi connectivity index (χ4v) is 3.02. The average molecular weight is 377 g/mol. The fourth-order valence-electron chi connectivity index (χ4n) is 3.02. The average Bonchev–Trinajstić information content (AvgIpc) is 2.68. The molecule has 0 saturated carbocycles. The van der Waals surface area contributed by atoms with Crippen LogP contribution in [0, 0.1) is 0 Å². The van der Waals surface area contributed by atoms with Crippen molar-refractivity contribution >= 4 is 5.96 Å². The van der Waals surface area contributed by atoms with Gasteiger partial charge in [0.1, 0.15) is 5.75 Å². The van der Waals surface area contributed by atoms with Gasteiger partial charge in [-0.1, -0.05) is 38.3 Å². The second-order valence-electron chi connectivity index (χ2n) is 7.46. The molecule has 0 spiro atoms. The summed E-state index contributed by atoms with van der Waals surface area (Å²) in [5.74, 6) is 2.32. The van der Waals surface area contributed by atoms with Gasteiger partial charge in [0.2, 0.25) is 0 Å². The molecule has 0 amide bonds. The van der Waals surface area contributed by atoms with Crippen LogP contribution < -0.4 is 15.4 Å². The number of nitrogens with one attached hydrogen (secondary N) is 2. The Labute approximate surface area is 166 Å². The summed E-state index contributed by atoms with van der Waals surface area (Å²) in [6.07, 6.45) is 7.50. The van der Waals surface area contributed by atoms with Crippen molar-refractivity contribution in [2.45, 2.75) is 51.4 Å². The Morgan fingerprint density at radius 2 is 1.63 bits per heavy atom. The lowest BCUT2D eigenvalue weighted by atomic mass is 9.98. The molecular formula is C22H40N4O. The molecule has 0 fully saturated rings. The molecule has 5 heteroatoms. The summed E-state index contributed by atoms with van der Waals surface area (Å²) in [7, 11) is 7.82. The second-order valence-corrected chi connectivity index (χ2v) is 7.46. The summed E-state index contributed by atoms with van der Waals surface area (Å²) in [6, 6.07) is 8.35. The zero-order valence-electron chi connectivity index (χ0n) is 18.1. The minimum Gasteiger partial charge on any atom is -0.497 e. The third-order valence-electron chi connectivity index (χ3n) is 4.85. The Morgan fingerprint density at radius 1 is 1.00 bits per heavy atom. The molecule has 0 heterocycles. The molecule has 5 nitrogen and oxygen atoms in total. The summed E-state index contributed by atoms with van der Waals surface area (Å²) in [5.41, 5.74) is 1.34. The monoisotopic (exact) mass is 376 g/mol. The number of nitrogens with zero attached hydrogens (tertiary/aromatic N) is 2. The zero-order valence-corrected chi connectivity index (χ0v) is 18.1. The van der Waals surface area contributed by atoms with Gasteiger partial charge in [-0.25, -0.2) is 0 Å². The van der Waals surface area contributed by atoms with E-state index in [2.05, 4.69) is 53.7 Å². The Hall–Kier alpha value is -1.75. The lowest BCUT2D eigenvalue weighted by Crippen LogP contribution is -2.38. The quantitative estimate of drug-likeness (QED) is 0.312. The molecule has 154 valence electrons. The van der Waals surface area contributed by atoms with Crippen molar-refractivity contribution in [3.05, 3.63) is 29.8 Å². The van der Waals surface area contributed by atoms with Crippen LogP contribution in [0.4, 0.5) is 0 Å². The largest absolute Gasteiger partial charge is 0.497 e. The highest BCUT2D eigenvalue weighted by Gasteiger charge is 2.06. The van der Waals surface area contributed by atoms with Crippen LogP contribution in [0.3, 0.4) is 0 Å². The van der Waals surface area contributed by atoms with Crippen LogP contribution in [-0.2, 0) is 0 Å². The second kappa shape index (κ2) is 14.3. The molecule has 0 aliphatic heterocycles. The smallest absolute Gasteiger partial charge is 0.190 e. The molecule has 0 bridgehead atoms. The maximum atomic E-state index is 5.22. The normalized spacial score (nSPS) is 12.9. The van der Waals surface area contributed by atoms with E-state index >= 15 is 0 Å². The Kier molecular flexibility index (Phi) is 12.4. The highest BCUT2D eigenvalue weighted by Crippen LogP contribution is 2.21. The number of ether oxygens (including phenoxy) is 1. The summed E-state index contributed by atoms with van der Waals surface area (Å²) < 4.78 is 5.22. The molecule has 1 rings (SSSR count). The van der Waals surface area contributed by atoms with Crippen LogP contribution in [0.1, 0.15) is 56.9 Å². The van der Waals surface area contributed by atoms with E-state index in [0.717, 1.165) is 31.2 Å². The number of hydrogen-bond donors (Lipinski definition) is 2. The van der Waals surface area contributed by atoms with Gasteiger partial charge in [0.15, 0.2) is 5.96 Å². The standard InChI is InChI=1S/C22H40N4O/c1-19(20-11-13-21(27-5)14-12-20)15-17-25-22(23-2)24-16-9-7-6-8-10-18-26(3)4/h11-14,19H,6-10,15-18H2,1-5H3,(H2,23,24,25). The number of benzene rings is 1. The van der Waals surface area contributed by atoms with E-state index in [4.69, 9.17) is 4.74 Å². The van der Waals surface area contributed by atoms with Gasteiger partial charge in [0.05, 0.1) is 7.11 Å². The summed E-state index contributed by atoms with van der Waals surface area (Å²) in [6.45, 7) is 5.36. The van der Waals surface area contributed by atoms with Crippen molar-refractivity contribution in [1.29, 1.82) is 0 Å². The van der Waals surface area contributed by atoms with Gasteiger partial charge in [-0.05, 0) is 63.5 Å². The molecule has 0 saturated heterocycles. The number of aliphatic imine (C=N–C) groups is 1. The van der Waals surface area contributed by atoms with Crippen molar-refractivity contribution in [3.63, 3.8) is 0 Å². The molecule has 0 aliphatic rings. The summed E-state index contributed by atoms with van der Waals surface area (Å²) in [5, 5.41) is 6.85. The van der Waals surface area contributed by atoms with Gasteiger partial charge in [-0.15, -0.1) is 0 Å². The molecule has 1 aromatic carbocycles. The molecule has 2 N–H and O–H groups in total. The van der Waals surface area contributed by atoms with Crippen LogP contribution in [-0.4, -0.2) is 58.7 Å². The molecule has 27 heavy (non-hydrogen) atoms. The molecule has 1 unspecified atom stereocenters. The molecule has 0 radical (unpaired) electrons. The predicted molar refractivity (Wildman–Crippen MR) is 117 cm³/mol. The van der Waals surface area contributed by atoms with Gasteiger partial charge in [-0.3, -0.25) is 4.99 Å². The minimum absolute atomic E-state index is 0.503. The van der Waals surface area contributed by atoms with Gasteiger partial charge in [-0.2, -0.15) is 0 Å². The van der Waals surface area contributed by atoms with E-state index in [1.165, 1.54) is 44.2 Å². The van der Waals surface area contributed by atoms with Crippen LogP contribution >= 0.6 is 0 Å². The van der Waals surface area contributed by atoms with E-state index in [-0.39, 0.29) is 0 Å².